The Morgan fingerprint density at radius 3 is 3.00 bits per heavy atom. The number of carbonyl (C=O) groups excluding carboxylic acids is 1. The van der Waals surface area contributed by atoms with E-state index in [1.54, 1.807) is 0 Å². The van der Waals surface area contributed by atoms with Gasteiger partial charge < -0.3 is 15.4 Å². The Hall–Kier alpha value is -1.55. The number of carbonyl (C=O) groups is 1. The number of fused-ring (bicyclic) bond motifs is 1. The summed E-state index contributed by atoms with van der Waals surface area (Å²) in [6.45, 7) is 2.42. The van der Waals surface area contributed by atoms with Crippen molar-refractivity contribution in [2.75, 3.05) is 30.4 Å². The molecule has 1 aromatic carbocycles. The van der Waals surface area contributed by atoms with Crippen LogP contribution < -0.4 is 10.6 Å². The minimum Gasteiger partial charge on any atom is -0.385 e. The molecule has 0 saturated carbocycles. The van der Waals surface area contributed by atoms with Gasteiger partial charge in [0.25, 0.3) is 0 Å². The van der Waals surface area contributed by atoms with Gasteiger partial charge in [-0.15, -0.1) is 0 Å². The van der Waals surface area contributed by atoms with Gasteiger partial charge >= 0.3 is 0 Å². The van der Waals surface area contributed by atoms with Gasteiger partial charge in [-0.25, -0.2) is 0 Å². The van der Waals surface area contributed by atoms with Crippen LogP contribution in [0.4, 0.5) is 11.4 Å². The first-order valence-corrected chi connectivity index (χ1v) is 7.09. The molecule has 0 spiro atoms. The second-order valence-electron chi connectivity index (χ2n) is 5.24. The van der Waals surface area contributed by atoms with E-state index >= 15 is 0 Å². The van der Waals surface area contributed by atoms with Crippen molar-refractivity contribution in [2.45, 2.75) is 25.7 Å². The van der Waals surface area contributed by atoms with Crippen molar-refractivity contribution in [3.63, 3.8) is 0 Å². The highest BCUT2D eigenvalue weighted by Crippen LogP contribution is 2.29. The van der Waals surface area contributed by atoms with Crippen molar-refractivity contribution in [2.24, 2.45) is 5.92 Å². The molecule has 4 heteroatoms. The molecule has 2 aliphatic heterocycles. The molecule has 2 N–H and O–H groups in total. The second kappa shape index (κ2) is 5.61. The predicted octanol–water partition coefficient (Wildman–Crippen LogP) is 2.41. The van der Waals surface area contributed by atoms with Crippen LogP contribution in [0.1, 0.15) is 24.8 Å². The third-order valence-electron chi connectivity index (χ3n) is 3.94. The van der Waals surface area contributed by atoms with Gasteiger partial charge in [-0.3, -0.25) is 4.79 Å². The SMILES string of the molecule is O=C(Nc1cccc2c1CCCN2)C1CCOCC1. The van der Waals surface area contributed by atoms with E-state index in [2.05, 4.69) is 16.7 Å². The van der Waals surface area contributed by atoms with Crippen molar-refractivity contribution in [1.29, 1.82) is 0 Å². The first-order chi connectivity index (χ1) is 9.34. The zero-order valence-corrected chi connectivity index (χ0v) is 11.1. The number of anilines is 2. The van der Waals surface area contributed by atoms with E-state index in [1.165, 1.54) is 5.56 Å². The summed E-state index contributed by atoms with van der Waals surface area (Å²) in [6, 6.07) is 6.08. The minimum atomic E-state index is 0.0983. The highest BCUT2D eigenvalue weighted by molar-refractivity contribution is 5.94. The molecule has 0 atom stereocenters. The monoisotopic (exact) mass is 260 g/mol. The largest absolute Gasteiger partial charge is 0.385 e. The number of ether oxygens (including phenoxy) is 1. The van der Waals surface area contributed by atoms with Crippen LogP contribution >= 0.6 is 0 Å². The lowest BCUT2D eigenvalue weighted by atomic mass is 9.97. The van der Waals surface area contributed by atoms with Crippen LogP contribution in [0, 0.1) is 5.92 Å². The molecule has 1 fully saturated rings. The molecule has 0 aliphatic carbocycles. The van der Waals surface area contributed by atoms with E-state index < -0.39 is 0 Å². The van der Waals surface area contributed by atoms with Crippen LogP contribution in [0.15, 0.2) is 18.2 Å². The topological polar surface area (TPSA) is 50.4 Å². The van der Waals surface area contributed by atoms with Crippen molar-refractivity contribution in [3.8, 4) is 0 Å². The lowest BCUT2D eigenvalue weighted by Crippen LogP contribution is -2.29. The zero-order chi connectivity index (χ0) is 13.1. The van der Waals surface area contributed by atoms with Gasteiger partial charge in [-0.2, -0.15) is 0 Å². The van der Waals surface area contributed by atoms with Crippen molar-refractivity contribution >= 4 is 17.3 Å². The molecule has 3 rings (SSSR count). The summed E-state index contributed by atoms with van der Waals surface area (Å²) in [7, 11) is 0. The summed E-state index contributed by atoms with van der Waals surface area (Å²) in [4.78, 5) is 12.3. The summed E-state index contributed by atoms with van der Waals surface area (Å²) >= 11 is 0. The van der Waals surface area contributed by atoms with Crippen LogP contribution in [-0.2, 0) is 16.0 Å². The Labute approximate surface area is 113 Å². The number of hydrogen-bond acceptors (Lipinski definition) is 3. The first kappa shape index (κ1) is 12.5. The van der Waals surface area contributed by atoms with Crippen molar-refractivity contribution in [1.82, 2.24) is 0 Å². The number of rotatable bonds is 2. The number of nitrogens with one attached hydrogen (secondary N) is 2. The Kier molecular flexibility index (Phi) is 3.69. The standard InChI is InChI=1S/C15H20N2O2/c18-15(11-6-9-19-10-7-11)17-14-5-1-4-13-12(14)3-2-8-16-13/h1,4-5,11,16H,2-3,6-10H2,(H,17,18). The Balaban J connectivity index is 1.74. The summed E-state index contributed by atoms with van der Waals surface area (Å²) in [5, 5.41) is 6.49. The predicted molar refractivity (Wildman–Crippen MR) is 75.4 cm³/mol. The molecule has 1 amide bonds. The molecule has 4 nitrogen and oxygen atoms in total. The highest BCUT2D eigenvalue weighted by atomic mass is 16.5. The van der Waals surface area contributed by atoms with Gasteiger partial charge in [0.2, 0.25) is 5.91 Å². The van der Waals surface area contributed by atoms with Gasteiger partial charge in [0.15, 0.2) is 0 Å². The average Bonchev–Trinajstić information content (AvgIpc) is 2.48. The molecule has 1 saturated heterocycles. The molecule has 102 valence electrons. The molecule has 1 aromatic rings. The summed E-state index contributed by atoms with van der Waals surface area (Å²) < 4.78 is 5.30. The maximum atomic E-state index is 12.3. The summed E-state index contributed by atoms with van der Waals surface area (Å²) in [6.07, 6.45) is 3.82. The Bertz CT molecular complexity index is 467. The number of amides is 1. The molecular weight excluding hydrogens is 240 g/mol. The fraction of sp³-hybridized carbons (Fsp3) is 0.533. The van der Waals surface area contributed by atoms with Crippen LogP contribution in [-0.4, -0.2) is 25.7 Å². The van der Waals surface area contributed by atoms with Gasteiger partial charge in [0.1, 0.15) is 0 Å². The van der Waals surface area contributed by atoms with E-state index in [-0.39, 0.29) is 11.8 Å². The van der Waals surface area contributed by atoms with Gasteiger partial charge in [0, 0.05) is 37.1 Å². The van der Waals surface area contributed by atoms with E-state index in [4.69, 9.17) is 4.74 Å². The molecule has 0 aromatic heterocycles. The third-order valence-corrected chi connectivity index (χ3v) is 3.94. The number of benzene rings is 1. The fourth-order valence-corrected chi connectivity index (χ4v) is 2.82. The Morgan fingerprint density at radius 1 is 1.32 bits per heavy atom. The molecule has 0 unspecified atom stereocenters. The lowest BCUT2D eigenvalue weighted by molar-refractivity contribution is -0.122. The molecule has 0 radical (unpaired) electrons. The summed E-state index contributed by atoms with van der Waals surface area (Å²) in [5.74, 6) is 0.239. The smallest absolute Gasteiger partial charge is 0.227 e. The van der Waals surface area contributed by atoms with Crippen LogP contribution in [0.25, 0.3) is 0 Å². The lowest BCUT2D eigenvalue weighted by Gasteiger charge is -2.24. The Morgan fingerprint density at radius 2 is 2.16 bits per heavy atom. The van der Waals surface area contributed by atoms with Gasteiger partial charge in [-0.05, 0) is 43.4 Å². The van der Waals surface area contributed by atoms with Crippen LogP contribution in [0.5, 0.6) is 0 Å². The maximum Gasteiger partial charge on any atom is 0.227 e. The molecule has 2 aliphatic rings. The van der Waals surface area contributed by atoms with Crippen molar-refractivity contribution < 1.29 is 9.53 Å². The molecule has 19 heavy (non-hydrogen) atoms. The van der Waals surface area contributed by atoms with Gasteiger partial charge in [-0.1, -0.05) is 6.07 Å². The minimum absolute atomic E-state index is 0.0983. The normalized spacial score (nSPS) is 19.4. The van der Waals surface area contributed by atoms with E-state index in [0.717, 1.165) is 43.6 Å². The maximum absolute atomic E-state index is 12.3. The quantitative estimate of drug-likeness (QED) is 0.858. The molecule has 2 heterocycles. The molecular formula is C15H20N2O2. The fourth-order valence-electron chi connectivity index (χ4n) is 2.82. The van der Waals surface area contributed by atoms with Crippen LogP contribution in [0.2, 0.25) is 0 Å². The van der Waals surface area contributed by atoms with Crippen LogP contribution in [0.3, 0.4) is 0 Å². The second-order valence-corrected chi connectivity index (χ2v) is 5.24. The van der Waals surface area contributed by atoms with Gasteiger partial charge in [0.05, 0.1) is 0 Å². The number of hydrogen-bond donors (Lipinski definition) is 2. The van der Waals surface area contributed by atoms with E-state index in [1.807, 2.05) is 12.1 Å². The average molecular weight is 260 g/mol. The molecule has 0 bridgehead atoms. The summed E-state index contributed by atoms with van der Waals surface area (Å²) in [5.41, 5.74) is 3.38. The highest BCUT2D eigenvalue weighted by Gasteiger charge is 2.23. The first-order valence-electron chi connectivity index (χ1n) is 7.09. The van der Waals surface area contributed by atoms with Crippen molar-refractivity contribution in [3.05, 3.63) is 23.8 Å². The zero-order valence-electron chi connectivity index (χ0n) is 11.1. The third kappa shape index (κ3) is 2.73. The van der Waals surface area contributed by atoms with E-state index in [0.29, 0.717) is 13.2 Å². The van der Waals surface area contributed by atoms with E-state index in [9.17, 15) is 4.79 Å².